The minimum Gasteiger partial charge on any atom is -0.435 e. The zero-order chi connectivity index (χ0) is 30.3. The van der Waals surface area contributed by atoms with Gasteiger partial charge in [0.15, 0.2) is 0 Å². The van der Waals surface area contributed by atoms with Gasteiger partial charge in [-0.3, -0.25) is 5.10 Å². The lowest BCUT2D eigenvalue weighted by atomic mass is 9.88. The molecule has 0 saturated carbocycles. The van der Waals surface area contributed by atoms with Crippen LogP contribution in [0.15, 0.2) is 54.7 Å². The van der Waals surface area contributed by atoms with Crippen LogP contribution in [0.1, 0.15) is 55.5 Å². The summed E-state index contributed by atoms with van der Waals surface area (Å²) < 4.78 is 14.1. The number of urea groups is 1. The molecule has 6 rings (SSSR count). The summed E-state index contributed by atoms with van der Waals surface area (Å²) >= 11 is 0. The van der Waals surface area contributed by atoms with E-state index in [1.54, 1.807) is 17.2 Å². The first kappa shape index (κ1) is 28.8. The Morgan fingerprint density at radius 1 is 1.21 bits per heavy atom. The number of carbonyl (C=O) groups is 2. The number of aryl methyl sites for hydroxylation is 2. The molecule has 1 fully saturated rings. The molecule has 9 nitrogen and oxygen atoms in total. The molecule has 4 heterocycles. The normalized spacial score (nSPS) is 22.1. The Morgan fingerprint density at radius 2 is 2.02 bits per heavy atom. The van der Waals surface area contributed by atoms with Gasteiger partial charge in [-0.25, -0.2) is 14.2 Å². The van der Waals surface area contributed by atoms with Crippen molar-refractivity contribution in [2.45, 2.75) is 71.5 Å². The molecule has 0 bridgehead atoms. The minimum atomic E-state index is -0.936. The van der Waals surface area contributed by atoms with E-state index in [0.29, 0.717) is 49.5 Å². The molecule has 2 aliphatic heterocycles. The van der Waals surface area contributed by atoms with Crippen LogP contribution >= 0.6 is 0 Å². The first-order chi connectivity index (χ1) is 20.7. The van der Waals surface area contributed by atoms with Gasteiger partial charge < -0.3 is 15.3 Å². The fourth-order valence-corrected chi connectivity index (χ4v) is 7.00. The number of amides is 3. The van der Waals surface area contributed by atoms with Crippen molar-refractivity contribution < 1.29 is 19.1 Å². The van der Waals surface area contributed by atoms with Crippen LogP contribution in [-0.4, -0.2) is 55.9 Å². The summed E-state index contributed by atoms with van der Waals surface area (Å²) in [4.78, 5) is 33.3. The van der Waals surface area contributed by atoms with Gasteiger partial charge in [0.25, 0.3) is 0 Å². The third-order valence-corrected chi connectivity index (χ3v) is 9.09. The summed E-state index contributed by atoms with van der Waals surface area (Å²) in [7, 11) is 0. The number of aromatic nitrogens is 3. The molecule has 2 aliphatic rings. The largest absolute Gasteiger partial charge is 0.520 e. The predicted octanol–water partition coefficient (Wildman–Crippen LogP) is 6.80. The number of quaternary nitrogens is 1. The number of rotatable bonds is 7. The molecular weight excluding hydrogens is 547 g/mol. The number of pyridine rings is 1. The van der Waals surface area contributed by atoms with Gasteiger partial charge in [0.05, 0.1) is 23.9 Å². The fourth-order valence-electron chi connectivity index (χ4n) is 7.00. The maximum atomic E-state index is 14.4. The number of nitrogens with zero attached hydrogens (tertiary/aromatic N) is 4. The fraction of sp³-hybridized carbons (Fsp3) is 0.394. The number of halogens is 1. The average Bonchev–Trinajstić information content (AvgIpc) is 3.45. The number of H-pyrrole nitrogens is 1. The molecule has 3 unspecified atom stereocenters. The van der Waals surface area contributed by atoms with Gasteiger partial charge in [-0.1, -0.05) is 38.1 Å². The maximum absolute atomic E-state index is 14.4. The van der Waals surface area contributed by atoms with E-state index in [-0.39, 0.29) is 34.8 Å². The van der Waals surface area contributed by atoms with E-state index in [1.807, 2.05) is 31.2 Å². The molecule has 43 heavy (non-hydrogen) atoms. The van der Waals surface area contributed by atoms with E-state index in [0.717, 1.165) is 34.1 Å². The molecule has 2 aromatic carbocycles. The van der Waals surface area contributed by atoms with Gasteiger partial charge in [0.2, 0.25) is 5.82 Å². The number of para-hydroxylation sites is 1. The zero-order valence-electron chi connectivity index (χ0n) is 24.8. The molecule has 1 saturated heterocycles. The van der Waals surface area contributed by atoms with E-state index >= 15 is 0 Å². The standard InChI is InChI=1S/C33H37FN6O3/c1-20(2)14-25-7-5-9-29(36-25)40(33(42)43)13-12-26(39-19-23-6-4-8-28(34)31(23)37-32(39)41)17-27(40)11-10-22-15-21(3)30-24(16-22)18-35-38-30/h4-9,15-16,18,20,26-27H,10-14,17,19H2,1-3H3,(H2-,35,37,38,41,42,43)/p+1. The number of hydrogen-bond acceptors (Lipinski definition) is 4. The van der Waals surface area contributed by atoms with Gasteiger partial charge in [-0.05, 0) is 60.6 Å². The molecule has 224 valence electrons. The lowest BCUT2D eigenvalue weighted by Crippen LogP contribution is -2.67. The summed E-state index contributed by atoms with van der Waals surface area (Å²) in [6.07, 6.45) is 3.84. The molecule has 10 heteroatoms. The number of hydrogen-bond donors (Lipinski definition) is 3. The number of anilines is 1. The SMILES string of the molecule is Cc1cc(CCC2CC(N3Cc4cccc(F)c4NC3=O)CC[N+]2(C(=O)O)c2cccc(CC(C)C)n2)cc2cn[nH]c12. The van der Waals surface area contributed by atoms with Crippen LogP contribution < -0.4 is 9.80 Å². The summed E-state index contributed by atoms with van der Waals surface area (Å²) in [5.74, 6) is 0.464. The number of benzene rings is 2. The van der Waals surface area contributed by atoms with Crippen LogP contribution in [0.5, 0.6) is 0 Å². The smallest absolute Gasteiger partial charge is 0.435 e. The number of aromatic amines is 1. The van der Waals surface area contributed by atoms with Gasteiger partial charge in [-0.2, -0.15) is 14.4 Å². The molecule has 0 radical (unpaired) electrons. The van der Waals surface area contributed by atoms with E-state index in [1.165, 1.54) is 6.07 Å². The number of fused-ring (bicyclic) bond motifs is 2. The number of carboxylic acid groups (broad SMARTS) is 1. The van der Waals surface area contributed by atoms with Crippen LogP contribution in [0, 0.1) is 18.7 Å². The predicted molar refractivity (Wildman–Crippen MR) is 164 cm³/mol. The van der Waals surface area contributed by atoms with Crippen LogP contribution in [0.4, 0.5) is 25.5 Å². The van der Waals surface area contributed by atoms with E-state index < -0.39 is 11.9 Å². The minimum absolute atomic E-state index is 0.205. The Balaban J connectivity index is 1.35. The summed E-state index contributed by atoms with van der Waals surface area (Å²) in [5.41, 5.74) is 5.01. The molecule has 3 N–H and O–H groups in total. The number of likely N-dealkylation sites (tertiary alicyclic amines) is 1. The number of carbonyl (C=O) groups excluding carboxylic acids is 1. The molecule has 2 aromatic heterocycles. The first-order valence-electron chi connectivity index (χ1n) is 15.0. The summed E-state index contributed by atoms with van der Waals surface area (Å²) in [6.45, 7) is 6.86. The van der Waals surface area contributed by atoms with Crippen molar-refractivity contribution in [1.82, 2.24) is 24.6 Å². The second-order valence-corrected chi connectivity index (χ2v) is 12.4. The van der Waals surface area contributed by atoms with Crippen molar-refractivity contribution in [3.05, 3.63) is 82.9 Å². The van der Waals surface area contributed by atoms with E-state index in [2.05, 4.69) is 41.5 Å². The Labute approximate surface area is 250 Å². The topological polar surface area (TPSA) is 111 Å². The third-order valence-electron chi connectivity index (χ3n) is 9.09. The highest BCUT2D eigenvalue weighted by Crippen LogP contribution is 2.39. The van der Waals surface area contributed by atoms with Gasteiger partial charge >= 0.3 is 12.1 Å². The maximum Gasteiger partial charge on any atom is 0.520 e. The lowest BCUT2D eigenvalue weighted by molar-refractivity contribution is 0.0687. The Kier molecular flexibility index (Phi) is 7.64. The Bertz CT molecular complexity index is 1690. The monoisotopic (exact) mass is 585 g/mol. The highest BCUT2D eigenvalue weighted by Gasteiger charge is 2.53. The average molecular weight is 586 g/mol. The van der Waals surface area contributed by atoms with Crippen molar-refractivity contribution in [1.29, 1.82) is 0 Å². The first-order valence-corrected chi connectivity index (χ1v) is 15.0. The molecule has 0 aliphatic carbocycles. The van der Waals surface area contributed by atoms with Crippen molar-refractivity contribution >= 4 is 34.5 Å². The van der Waals surface area contributed by atoms with Crippen molar-refractivity contribution in [2.75, 3.05) is 11.9 Å². The molecular formula is C33H38FN6O3+. The van der Waals surface area contributed by atoms with Crippen LogP contribution in [0.2, 0.25) is 0 Å². The third kappa shape index (κ3) is 5.35. The highest BCUT2D eigenvalue weighted by molar-refractivity contribution is 5.92. The van der Waals surface area contributed by atoms with Crippen molar-refractivity contribution in [2.24, 2.45) is 5.92 Å². The van der Waals surface area contributed by atoms with Gasteiger partial charge in [-0.15, -0.1) is 0 Å². The van der Waals surface area contributed by atoms with Gasteiger partial charge in [0, 0.05) is 49.0 Å². The molecule has 4 aromatic rings. The summed E-state index contributed by atoms with van der Waals surface area (Å²) in [5, 5.41) is 21.9. The van der Waals surface area contributed by atoms with Crippen LogP contribution in [0.3, 0.4) is 0 Å². The van der Waals surface area contributed by atoms with Crippen molar-refractivity contribution in [3.63, 3.8) is 0 Å². The lowest BCUT2D eigenvalue weighted by Gasteiger charge is -2.47. The van der Waals surface area contributed by atoms with E-state index in [9.17, 15) is 19.1 Å². The Morgan fingerprint density at radius 3 is 2.81 bits per heavy atom. The highest BCUT2D eigenvalue weighted by atomic mass is 19.1. The second kappa shape index (κ2) is 11.4. The molecule has 3 amide bonds. The Hall–Kier alpha value is -4.31. The number of piperidine rings is 1. The van der Waals surface area contributed by atoms with Crippen LogP contribution in [-0.2, 0) is 19.4 Å². The summed E-state index contributed by atoms with van der Waals surface area (Å²) in [6, 6.07) is 13.8. The van der Waals surface area contributed by atoms with Gasteiger partial charge in [0.1, 0.15) is 11.9 Å². The quantitative estimate of drug-likeness (QED) is 0.207. The van der Waals surface area contributed by atoms with Crippen LogP contribution in [0.25, 0.3) is 10.9 Å². The van der Waals surface area contributed by atoms with Crippen molar-refractivity contribution in [3.8, 4) is 0 Å². The molecule has 3 atom stereocenters. The second-order valence-electron chi connectivity index (χ2n) is 12.4. The van der Waals surface area contributed by atoms with E-state index in [4.69, 9.17) is 4.98 Å². The number of nitrogens with one attached hydrogen (secondary N) is 2. The zero-order valence-corrected chi connectivity index (χ0v) is 24.8. The molecule has 0 spiro atoms.